The van der Waals surface area contributed by atoms with E-state index in [4.69, 9.17) is 16.3 Å². The van der Waals surface area contributed by atoms with E-state index >= 15 is 4.39 Å². The monoisotopic (exact) mass is 517 g/mol. The van der Waals surface area contributed by atoms with Gasteiger partial charge in [0.05, 0.1) is 17.9 Å². The second kappa shape index (κ2) is 11.0. The summed E-state index contributed by atoms with van der Waals surface area (Å²) in [5, 5.41) is 3.75. The van der Waals surface area contributed by atoms with Crippen molar-refractivity contribution in [3.05, 3.63) is 75.3 Å². The van der Waals surface area contributed by atoms with E-state index in [0.29, 0.717) is 5.56 Å². The fraction of sp³-hybridized carbons (Fsp3) is 0.308. The maximum atomic E-state index is 15.0. The van der Waals surface area contributed by atoms with Gasteiger partial charge in [0.15, 0.2) is 5.84 Å². The Bertz CT molecular complexity index is 1370. The molecule has 0 radical (unpaired) electrons. The predicted molar refractivity (Wildman–Crippen MR) is 133 cm³/mol. The number of nitrogens with one attached hydrogen (secondary N) is 2. The summed E-state index contributed by atoms with van der Waals surface area (Å²) in [6.07, 6.45) is -1.41. The second-order valence-electron chi connectivity index (χ2n) is 8.83. The maximum absolute atomic E-state index is 15.0. The number of nitrogens with two attached hydrogens (primary N) is 2. The molecule has 37 heavy (non-hydrogen) atoms. The zero-order valence-electron chi connectivity index (χ0n) is 19.9. The number of aromatic nitrogens is 1. The fourth-order valence-electron chi connectivity index (χ4n) is 4.48. The number of hydrazine groups is 1. The van der Waals surface area contributed by atoms with E-state index in [1.165, 1.54) is 23.3 Å². The molecule has 2 aromatic carbocycles. The third-order valence-electron chi connectivity index (χ3n) is 6.24. The molecular formula is C26H27F4N5O2. The van der Waals surface area contributed by atoms with Crippen molar-refractivity contribution in [1.29, 1.82) is 0 Å². The van der Waals surface area contributed by atoms with Crippen LogP contribution >= 0.6 is 0 Å². The molecule has 0 saturated carbocycles. The van der Waals surface area contributed by atoms with E-state index in [0.717, 1.165) is 37.3 Å². The van der Waals surface area contributed by atoms with E-state index in [1.54, 1.807) is 6.07 Å². The fourth-order valence-corrected chi connectivity index (χ4v) is 4.48. The number of hydrogen-bond donors (Lipinski definition) is 4. The smallest absolute Gasteiger partial charge is 0.389 e. The molecule has 1 aromatic heterocycles. The van der Waals surface area contributed by atoms with Gasteiger partial charge in [-0.25, -0.2) is 15.8 Å². The molecule has 7 nitrogen and oxygen atoms in total. The molecule has 0 unspecified atom stereocenters. The highest BCUT2D eigenvalue weighted by Gasteiger charge is 2.26. The van der Waals surface area contributed by atoms with Crippen LogP contribution in [0.5, 0.6) is 5.75 Å². The number of aryl methyl sites for hydroxylation is 2. The average Bonchev–Trinajstić information content (AvgIpc) is 2.85. The van der Waals surface area contributed by atoms with Crippen molar-refractivity contribution in [2.75, 3.05) is 6.61 Å². The Morgan fingerprint density at radius 2 is 1.81 bits per heavy atom. The van der Waals surface area contributed by atoms with Crippen molar-refractivity contribution in [3.8, 4) is 28.1 Å². The lowest BCUT2D eigenvalue weighted by molar-refractivity contribution is -0.136. The predicted octanol–water partition coefficient (Wildman–Crippen LogP) is 4.53. The highest BCUT2D eigenvalue weighted by Crippen LogP contribution is 2.32. The molecule has 0 amide bonds. The first-order valence-corrected chi connectivity index (χ1v) is 11.8. The van der Waals surface area contributed by atoms with Crippen LogP contribution in [-0.4, -0.2) is 23.6 Å². The highest BCUT2D eigenvalue weighted by atomic mass is 19.4. The number of rotatable bonds is 8. The first-order chi connectivity index (χ1) is 17.7. The Hall–Kier alpha value is -3.86. The zero-order valence-corrected chi connectivity index (χ0v) is 19.9. The number of ether oxygens (including phenoxy) is 1. The third-order valence-corrected chi connectivity index (χ3v) is 6.24. The van der Waals surface area contributed by atoms with Crippen LogP contribution in [0.15, 0.2) is 52.4 Å². The number of amidine groups is 1. The Balaban J connectivity index is 1.71. The third kappa shape index (κ3) is 6.29. The molecule has 0 atom stereocenters. The van der Waals surface area contributed by atoms with Crippen molar-refractivity contribution in [2.45, 2.75) is 44.7 Å². The van der Waals surface area contributed by atoms with Gasteiger partial charge >= 0.3 is 6.18 Å². The van der Waals surface area contributed by atoms with E-state index < -0.39 is 24.0 Å². The lowest BCUT2D eigenvalue weighted by Gasteiger charge is -2.18. The lowest BCUT2D eigenvalue weighted by Crippen LogP contribution is -2.30. The van der Waals surface area contributed by atoms with Crippen molar-refractivity contribution in [3.63, 3.8) is 0 Å². The highest BCUT2D eigenvalue weighted by molar-refractivity contribution is 6.03. The molecule has 11 heteroatoms. The number of nitrogens with zero attached hydrogens (tertiary/aromatic N) is 1. The largest absolute Gasteiger partial charge is 0.493 e. The van der Waals surface area contributed by atoms with Gasteiger partial charge in [-0.1, -0.05) is 18.2 Å². The Morgan fingerprint density at radius 3 is 2.51 bits per heavy atom. The first kappa shape index (κ1) is 26.2. The summed E-state index contributed by atoms with van der Waals surface area (Å²) in [5.41, 5.74) is 11.5. The summed E-state index contributed by atoms with van der Waals surface area (Å²) in [4.78, 5) is 15.8. The van der Waals surface area contributed by atoms with Gasteiger partial charge in [-0.05, 0) is 67.0 Å². The van der Waals surface area contributed by atoms with Crippen LogP contribution in [-0.2, 0) is 12.8 Å². The number of benzene rings is 2. The van der Waals surface area contributed by atoms with Crippen molar-refractivity contribution >= 4 is 5.84 Å². The number of hydrazone groups is 1. The number of hydrogen-bond acceptors (Lipinski definition) is 5. The van der Waals surface area contributed by atoms with Crippen LogP contribution in [0.3, 0.4) is 0 Å². The molecule has 1 aliphatic rings. The van der Waals surface area contributed by atoms with Crippen LogP contribution in [0, 0.1) is 5.82 Å². The summed E-state index contributed by atoms with van der Waals surface area (Å²) < 4.78 is 57.2. The molecule has 196 valence electrons. The maximum Gasteiger partial charge on any atom is 0.389 e. The number of pyridine rings is 1. The topological polar surface area (TPSA) is 119 Å². The number of aromatic amines is 1. The van der Waals surface area contributed by atoms with Gasteiger partial charge in [0.25, 0.3) is 5.56 Å². The molecule has 0 bridgehead atoms. The second-order valence-corrected chi connectivity index (χ2v) is 8.83. The molecular weight excluding hydrogens is 490 g/mol. The van der Waals surface area contributed by atoms with Crippen molar-refractivity contribution < 1.29 is 22.3 Å². The molecule has 6 N–H and O–H groups in total. The Kier molecular flexibility index (Phi) is 7.82. The molecule has 0 spiro atoms. The number of fused-ring (bicyclic) bond motifs is 1. The van der Waals surface area contributed by atoms with Gasteiger partial charge in [0.1, 0.15) is 11.6 Å². The van der Waals surface area contributed by atoms with E-state index in [2.05, 4.69) is 15.6 Å². The lowest BCUT2D eigenvalue weighted by atomic mass is 9.88. The number of H-pyrrole nitrogens is 1. The van der Waals surface area contributed by atoms with Crippen LogP contribution in [0.1, 0.15) is 42.4 Å². The minimum Gasteiger partial charge on any atom is -0.493 e. The SMILES string of the molecule is NN/N=C(\N)c1c(-c2ccc3c(c2)CCCC3)cc(-c2ccc(OCCCC(F)(F)F)cc2F)[nH]c1=O. The minimum atomic E-state index is -4.28. The zero-order chi connectivity index (χ0) is 26.6. The normalized spacial score (nSPS) is 13.8. The minimum absolute atomic E-state index is 0.0814. The summed E-state index contributed by atoms with van der Waals surface area (Å²) in [6, 6.07) is 11.4. The summed E-state index contributed by atoms with van der Waals surface area (Å²) in [5.74, 6) is 4.51. The van der Waals surface area contributed by atoms with E-state index in [9.17, 15) is 18.0 Å². The van der Waals surface area contributed by atoms with Gasteiger partial charge in [-0.2, -0.15) is 13.2 Å². The van der Waals surface area contributed by atoms with Gasteiger partial charge in [-0.3, -0.25) is 4.79 Å². The average molecular weight is 518 g/mol. The Labute approximate surface area is 210 Å². The quantitative estimate of drug-likeness (QED) is 0.0874. The van der Waals surface area contributed by atoms with Gasteiger partial charge < -0.3 is 15.5 Å². The molecule has 0 aliphatic heterocycles. The van der Waals surface area contributed by atoms with E-state index in [1.807, 2.05) is 18.2 Å². The summed E-state index contributed by atoms with van der Waals surface area (Å²) in [6.45, 7) is -0.208. The molecule has 4 rings (SSSR count). The van der Waals surface area contributed by atoms with Gasteiger partial charge in [-0.15, -0.1) is 5.10 Å². The molecule has 3 aromatic rings. The van der Waals surface area contributed by atoms with Crippen molar-refractivity contribution in [2.24, 2.45) is 16.7 Å². The van der Waals surface area contributed by atoms with Crippen LogP contribution in [0.2, 0.25) is 0 Å². The van der Waals surface area contributed by atoms with Gasteiger partial charge in [0, 0.05) is 23.6 Å². The number of alkyl halides is 3. The van der Waals surface area contributed by atoms with Crippen LogP contribution < -0.4 is 27.4 Å². The molecule has 1 heterocycles. The Morgan fingerprint density at radius 1 is 1.05 bits per heavy atom. The van der Waals surface area contributed by atoms with Gasteiger partial charge in [0.2, 0.25) is 0 Å². The standard InChI is InChI=1S/C26H27F4N5O2/c27-21-13-18(37-11-3-10-26(28,29)30)8-9-19(21)22-14-20(23(25(36)33-22)24(31)34-35-32)17-7-6-15-4-1-2-5-16(15)12-17/h6-9,12-14,35H,1-5,10-11,32H2,(H2,31,34)(H,33,36). The summed E-state index contributed by atoms with van der Waals surface area (Å²) >= 11 is 0. The van der Waals surface area contributed by atoms with Crippen LogP contribution in [0.25, 0.3) is 22.4 Å². The van der Waals surface area contributed by atoms with E-state index in [-0.39, 0.29) is 41.4 Å². The molecule has 0 saturated heterocycles. The summed E-state index contributed by atoms with van der Waals surface area (Å²) in [7, 11) is 0. The first-order valence-electron chi connectivity index (χ1n) is 11.8. The molecule has 0 fully saturated rings. The number of halogens is 4. The van der Waals surface area contributed by atoms with Crippen molar-refractivity contribution in [1.82, 2.24) is 10.5 Å². The van der Waals surface area contributed by atoms with Crippen LogP contribution in [0.4, 0.5) is 17.6 Å². The molecule has 1 aliphatic carbocycles.